The molecule has 0 aliphatic carbocycles. The molecule has 1 aromatic carbocycles. The van der Waals surface area contributed by atoms with Crippen LogP contribution in [0.3, 0.4) is 0 Å². The average Bonchev–Trinajstić information content (AvgIpc) is 2.46. The summed E-state index contributed by atoms with van der Waals surface area (Å²) in [5.41, 5.74) is 2.03. The lowest BCUT2D eigenvalue weighted by molar-refractivity contribution is -0.0521. The summed E-state index contributed by atoms with van der Waals surface area (Å²) in [7, 11) is 0. The predicted molar refractivity (Wildman–Crippen MR) is 113 cm³/mol. The van der Waals surface area contributed by atoms with E-state index in [0.29, 0.717) is 0 Å². The number of anilines is 2. The van der Waals surface area contributed by atoms with Gasteiger partial charge in [0.25, 0.3) is 0 Å². The van der Waals surface area contributed by atoms with Crippen LogP contribution in [0.4, 0.5) is 11.4 Å². The van der Waals surface area contributed by atoms with E-state index in [-0.39, 0.29) is 23.7 Å². The Kier molecular flexibility index (Phi) is 7.97. The lowest BCUT2D eigenvalue weighted by atomic mass is 10.2. The molecule has 0 N–H and O–H groups in total. The molecule has 0 saturated carbocycles. The van der Waals surface area contributed by atoms with Gasteiger partial charge in [0.05, 0.1) is 11.2 Å². The van der Waals surface area contributed by atoms with Crippen LogP contribution in [0.1, 0.15) is 69.2 Å². The van der Waals surface area contributed by atoms with Crippen LogP contribution in [0.5, 0.6) is 0 Å². The van der Waals surface area contributed by atoms with Crippen LogP contribution in [0.15, 0.2) is 24.3 Å². The van der Waals surface area contributed by atoms with Crippen molar-refractivity contribution in [1.29, 1.82) is 0 Å². The monoisotopic (exact) mass is 364 g/mol. The smallest absolute Gasteiger partial charge is 0.127 e. The predicted octanol–water partition coefficient (Wildman–Crippen LogP) is 5.66. The third kappa shape index (κ3) is 7.16. The quantitative estimate of drug-likeness (QED) is 0.556. The highest BCUT2D eigenvalue weighted by molar-refractivity contribution is 5.56. The van der Waals surface area contributed by atoms with Crippen LogP contribution in [-0.4, -0.2) is 36.7 Å². The molecule has 1 rings (SSSR count). The van der Waals surface area contributed by atoms with E-state index in [0.717, 1.165) is 13.1 Å². The molecule has 0 aliphatic heterocycles. The van der Waals surface area contributed by atoms with Gasteiger partial charge in [0, 0.05) is 24.5 Å². The van der Waals surface area contributed by atoms with Crippen LogP contribution in [-0.2, 0) is 9.47 Å². The van der Waals surface area contributed by atoms with Gasteiger partial charge in [-0.3, -0.25) is 0 Å². The fourth-order valence-electron chi connectivity index (χ4n) is 3.29. The fourth-order valence-corrected chi connectivity index (χ4v) is 3.29. The van der Waals surface area contributed by atoms with Crippen molar-refractivity contribution >= 4 is 11.4 Å². The van der Waals surface area contributed by atoms with Crippen molar-refractivity contribution in [1.82, 2.24) is 0 Å². The summed E-state index contributed by atoms with van der Waals surface area (Å²) >= 11 is 0. The molecule has 1 aromatic rings. The normalized spacial score (nSPS) is 14.8. The van der Waals surface area contributed by atoms with Crippen molar-refractivity contribution in [2.75, 3.05) is 22.9 Å². The standard InChI is InChI=1S/C22H40N2O2/c1-11-23(17(3)25-21(5,6)7)19-13-15-20(16-14-19)24(12-2)18(4)26-22(8,9)10/h13-18H,11-12H2,1-10H3. The van der Waals surface area contributed by atoms with Crippen LogP contribution in [0.25, 0.3) is 0 Å². The zero-order chi connectivity index (χ0) is 20.1. The molecule has 0 aromatic heterocycles. The van der Waals surface area contributed by atoms with Gasteiger partial charge in [0.2, 0.25) is 0 Å². The van der Waals surface area contributed by atoms with Gasteiger partial charge < -0.3 is 19.3 Å². The highest BCUT2D eigenvalue weighted by Crippen LogP contribution is 2.26. The van der Waals surface area contributed by atoms with E-state index in [2.05, 4.69) is 103 Å². The molecule has 0 bridgehead atoms. The first-order valence-corrected chi connectivity index (χ1v) is 9.87. The van der Waals surface area contributed by atoms with Crippen LogP contribution < -0.4 is 9.80 Å². The summed E-state index contributed by atoms with van der Waals surface area (Å²) in [5.74, 6) is 0. The van der Waals surface area contributed by atoms with E-state index in [1.807, 2.05) is 0 Å². The number of rotatable bonds is 8. The van der Waals surface area contributed by atoms with Crippen molar-refractivity contribution in [3.8, 4) is 0 Å². The van der Waals surface area contributed by atoms with Gasteiger partial charge in [-0.15, -0.1) is 0 Å². The minimum absolute atomic E-state index is 0.0243. The summed E-state index contributed by atoms with van der Waals surface area (Å²) in [4.78, 5) is 4.56. The number of benzene rings is 1. The minimum Gasteiger partial charge on any atom is -0.353 e. The maximum Gasteiger partial charge on any atom is 0.127 e. The second kappa shape index (κ2) is 9.09. The zero-order valence-electron chi connectivity index (χ0n) is 18.6. The number of hydrogen-bond donors (Lipinski definition) is 0. The molecule has 26 heavy (non-hydrogen) atoms. The summed E-state index contributed by atoms with van der Waals surface area (Å²) < 4.78 is 12.3. The van der Waals surface area contributed by atoms with Crippen molar-refractivity contribution < 1.29 is 9.47 Å². The number of nitrogens with zero attached hydrogens (tertiary/aromatic N) is 2. The molecule has 4 heteroatoms. The highest BCUT2D eigenvalue weighted by Gasteiger charge is 2.22. The lowest BCUT2D eigenvalue weighted by Crippen LogP contribution is -2.40. The lowest BCUT2D eigenvalue weighted by Gasteiger charge is -2.36. The number of hydrogen-bond acceptors (Lipinski definition) is 4. The van der Waals surface area contributed by atoms with Crippen molar-refractivity contribution in [2.45, 2.75) is 92.9 Å². The first-order valence-electron chi connectivity index (χ1n) is 9.87. The fraction of sp³-hybridized carbons (Fsp3) is 0.727. The first-order chi connectivity index (χ1) is 11.9. The van der Waals surface area contributed by atoms with Gasteiger partial charge in [-0.2, -0.15) is 0 Å². The Morgan fingerprint density at radius 2 is 0.962 bits per heavy atom. The summed E-state index contributed by atoms with van der Waals surface area (Å²) in [6.07, 6.45) is 0.0487. The van der Waals surface area contributed by atoms with E-state index < -0.39 is 0 Å². The minimum atomic E-state index is -0.161. The maximum absolute atomic E-state index is 6.13. The Hall–Kier alpha value is -1.26. The molecule has 0 radical (unpaired) electrons. The third-order valence-electron chi connectivity index (χ3n) is 4.12. The number of ether oxygens (including phenoxy) is 2. The van der Waals surface area contributed by atoms with Crippen LogP contribution in [0.2, 0.25) is 0 Å². The molecular weight excluding hydrogens is 324 g/mol. The van der Waals surface area contributed by atoms with Gasteiger partial charge in [0.1, 0.15) is 12.5 Å². The SMILES string of the molecule is CCN(c1ccc(N(CC)C(C)OC(C)(C)C)cc1)C(C)OC(C)(C)C. The van der Waals surface area contributed by atoms with Gasteiger partial charge in [-0.05, 0) is 93.5 Å². The Morgan fingerprint density at radius 1 is 0.692 bits per heavy atom. The second-order valence-corrected chi connectivity index (χ2v) is 8.75. The molecule has 2 unspecified atom stereocenters. The molecule has 0 spiro atoms. The third-order valence-corrected chi connectivity index (χ3v) is 4.12. The molecule has 0 amide bonds. The van der Waals surface area contributed by atoms with Crippen LogP contribution >= 0.6 is 0 Å². The molecule has 4 nitrogen and oxygen atoms in total. The maximum atomic E-state index is 6.13. The highest BCUT2D eigenvalue weighted by atomic mass is 16.5. The van der Waals surface area contributed by atoms with E-state index in [1.165, 1.54) is 11.4 Å². The topological polar surface area (TPSA) is 24.9 Å². The van der Waals surface area contributed by atoms with E-state index in [4.69, 9.17) is 9.47 Å². The first kappa shape index (κ1) is 22.8. The Balaban J connectivity index is 2.94. The van der Waals surface area contributed by atoms with Crippen molar-refractivity contribution in [3.63, 3.8) is 0 Å². The van der Waals surface area contributed by atoms with Gasteiger partial charge in [0.15, 0.2) is 0 Å². The van der Waals surface area contributed by atoms with Gasteiger partial charge in [-0.1, -0.05) is 0 Å². The van der Waals surface area contributed by atoms with Crippen molar-refractivity contribution in [2.24, 2.45) is 0 Å². The largest absolute Gasteiger partial charge is 0.353 e. The van der Waals surface area contributed by atoms with Crippen LogP contribution in [0, 0.1) is 0 Å². The average molecular weight is 365 g/mol. The Labute approximate surface area is 161 Å². The molecular formula is C22H40N2O2. The molecule has 0 fully saturated rings. The summed E-state index contributed by atoms with van der Waals surface area (Å²) in [6, 6.07) is 8.70. The van der Waals surface area contributed by atoms with E-state index in [9.17, 15) is 0 Å². The summed E-state index contributed by atoms with van der Waals surface area (Å²) in [5, 5.41) is 0. The van der Waals surface area contributed by atoms with Gasteiger partial charge >= 0.3 is 0 Å². The Morgan fingerprint density at radius 3 is 1.15 bits per heavy atom. The van der Waals surface area contributed by atoms with Gasteiger partial charge in [-0.25, -0.2) is 0 Å². The second-order valence-electron chi connectivity index (χ2n) is 8.75. The molecule has 2 atom stereocenters. The Bertz CT molecular complexity index is 480. The molecule has 0 saturated heterocycles. The molecule has 150 valence electrons. The molecule has 0 aliphatic rings. The summed E-state index contributed by atoms with van der Waals surface area (Å²) in [6.45, 7) is 22.9. The van der Waals surface area contributed by atoms with Crippen molar-refractivity contribution in [3.05, 3.63) is 24.3 Å². The van der Waals surface area contributed by atoms with E-state index >= 15 is 0 Å². The molecule has 0 heterocycles. The zero-order valence-corrected chi connectivity index (χ0v) is 18.6. The van der Waals surface area contributed by atoms with E-state index in [1.54, 1.807) is 0 Å².